The van der Waals surface area contributed by atoms with E-state index in [1.807, 2.05) is 25.1 Å². The number of quaternary nitrogens is 2. The van der Waals surface area contributed by atoms with E-state index in [2.05, 4.69) is 36.4 Å². The predicted octanol–water partition coefficient (Wildman–Crippen LogP) is -5.65. The maximum absolute atomic E-state index is 11.6. The van der Waals surface area contributed by atoms with Gasteiger partial charge in [-0.2, -0.15) is 0 Å². The lowest BCUT2D eigenvalue weighted by Crippen LogP contribution is -3.28. The molecule has 0 saturated carbocycles. The first-order chi connectivity index (χ1) is 15.6. The second-order valence-corrected chi connectivity index (χ2v) is 8.59. The van der Waals surface area contributed by atoms with Crippen LogP contribution in [0.2, 0.25) is 0 Å². The fraction of sp³-hybridized carbons (Fsp3) is 0.346. The second kappa shape index (κ2) is 13.5. The van der Waals surface area contributed by atoms with Gasteiger partial charge in [-0.3, -0.25) is 0 Å². The van der Waals surface area contributed by atoms with Gasteiger partial charge in [-0.1, -0.05) is 36.4 Å². The van der Waals surface area contributed by atoms with Crippen LogP contribution in [-0.2, 0) is 0 Å². The maximum atomic E-state index is 11.6. The van der Waals surface area contributed by atoms with E-state index in [-0.39, 0.29) is 37.0 Å². The molecule has 0 aliphatic carbocycles. The number of halogens is 2. The summed E-state index contributed by atoms with van der Waals surface area (Å²) in [6.07, 6.45) is 3.91. The Morgan fingerprint density at radius 3 is 2.47 bits per heavy atom. The van der Waals surface area contributed by atoms with E-state index in [0.29, 0.717) is 17.9 Å². The molecule has 1 aliphatic heterocycles. The van der Waals surface area contributed by atoms with Gasteiger partial charge in [0.1, 0.15) is 56.8 Å². The zero-order chi connectivity index (χ0) is 22.3. The average molecular weight is 507 g/mol. The van der Waals surface area contributed by atoms with Gasteiger partial charge in [-0.05, 0) is 36.3 Å². The molecule has 2 heterocycles. The molecule has 1 atom stereocenters. The Labute approximate surface area is 212 Å². The molecule has 0 amide bonds. The molecule has 6 nitrogen and oxygen atoms in total. The van der Waals surface area contributed by atoms with Gasteiger partial charge < -0.3 is 48.9 Å². The molecule has 0 spiro atoms. The number of ether oxygens (including phenoxy) is 1. The van der Waals surface area contributed by atoms with Crippen LogP contribution in [0, 0.1) is 6.92 Å². The average Bonchev–Trinajstić information content (AvgIpc) is 2.79. The lowest BCUT2D eigenvalue weighted by molar-refractivity contribution is -1.01. The fourth-order valence-corrected chi connectivity index (χ4v) is 4.27. The van der Waals surface area contributed by atoms with E-state index >= 15 is 0 Å². The molecule has 34 heavy (non-hydrogen) atoms. The Morgan fingerprint density at radius 2 is 1.74 bits per heavy atom. The van der Waals surface area contributed by atoms with Crippen molar-refractivity contribution in [2.45, 2.75) is 13.0 Å². The number of rotatable bonds is 8. The summed E-state index contributed by atoms with van der Waals surface area (Å²) in [5, 5.41) is 11.4. The normalized spacial score (nSPS) is 18.8. The number of piperazine rings is 1. The van der Waals surface area contributed by atoms with Crippen LogP contribution in [-0.4, -0.2) is 57.1 Å². The highest BCUT2D eigenvalue weighted by Gasteiger charge is 2.24. The highest BCUT2D eigenvalue weighted by atomic mass is 35.5. The van der Waals surface area contributed by atoms with Crippen molar-refractivity contribution in [2.24, 2.45) is 0 Å². The van der Waals surface area contributed by atoms with Gasteiger partial charge >= 0.3 is 5.63 Å². The minimum atomic E-state index is -0.537. The zero-order valence-corrected chi connectivity index (χ0v) is 20.8. The Morgan fingerprint density at radius 1 is 1.03 bits per heavy atom. The fourth-order valence-electron chi connectivity index (χ4n) is 4.27. The molecule has 3 aromatic rings. The van der Waals surface area contributed by atoms with Crippen LogP contribution < -0.4 is 45.0 Å². The smallest absolute Gasteiger partial charge is 0.336 e. The molecule has 1 fully saturated rings. The first-order valence-corrected chi connectivity index (χ1v) is 11.3. The Hall–Kier alpha value is -2.35. The summed E-state index contributed by atoms with van der Waals surface area (Å²) in [6.45, 7) is 8.11. The van der Waals surface area contributed by atoms with Gasteiger partial charge in [-0.25, -0.2) is 4.79 Å². The first kappa shape index (κ1) is 27.9. The molecule has 184 valence electrons. The number of aliphatic hydroxyl groups is 1. The van der Waals surface area contributed by atoms with Crippen molar-refractivity contribution in [3.05, 3.63) is 82.2 Å². The number of aliphatic hydroxyl groups excluding tert-OH is 1. The molecule has 1 aliphatic rings. The highest BCUT2D eigenvalue weighted by Crippen LogP contribution is 2.22. The van der Waals surface area contributed by atoms with Crippen LogP contribution in [0.3, 0.4) is 0 Å². The van der Waals surface area contributed by atoms with E-state index in [4.69, 9.17) is 9.15 Å². The lowest BCUT2D eigenvalue weighted by atomic mass is 10.1. The number of nitrogens with one attached hydrogen (secondary N) is 2. The molecule has 3 N–H and O–H groups in total. The third-order valence-electron chi connectivity index (χ3n) is 6.07. The van der Waals surface area contributed by atoms with E-state index in [0.717, 1.165) is 43.7 Å². The summed E-state index contributed by atoms with van der Waals surface area (Å²) in [7, 11) is 0. The molecular formula is C26H32Cl2N2O4. The molecule has 8 heteroatoms. The number of hydrogen-bond acceptors (Lipinski definition) is 4. The third kappa shape index (κ3) is 7.86. The molecule has 0 radical (unpaired) electrons. The summed E-state index contributed by atoms with van der Waals surface area (Å²) in [6, 6.07) is 17.3. The SMILES string of the molecule is Cc1cc(=O)oc2cc(OCC(O)C[NH+]3CC[NH+](CC=Cc4ccccc4)CC3)ccc12.[Cl-].[Cl-]. The molecule has 1 unspecified atom stereocenters. The lowest BCUT2D eigenvalue weighted by Gasteiger charge is -2.30. The van der Waals surface area contributed by atoms with Crippen LogP contribution in [0.4, 0.5) is 0 Å². The van der Waals surface area contributed by atoms with Gasteiger partial charge in [0, 0.05) is 17.5 Å². The molecule has 0 bridgehead atoms. The zero-order valence-electron chi connectivity index (χ0n) is 19.3. The Kier molecular flexibility index (Phi) is 11.1. The summed E-state index contributed by atoms with van der Waals surface area (Å²) < 4.78 is 11.0. The van der Waals surface area contributed by atoms with Gasteiger partial charge in [0.05, 0.1) is 6.54 Å². The molecule has 1 saturated heterocycles. The Bertz CT molecular complexity index is 1110. The Balaban J connectivity index is 0.00000204. The quantitative estimate of drug-likeness (QED) is 0.266. The minimum Gasteiger partial charge on any atom is -1.00 e. The van der Waals surface area contributed by atoms with Gasteiger partial charge in [0.25, 0.3) is 0 Å². The van der Waals surface area contributed by atoms with Crippen LogP contribution in [0.5, 0.6) is 5.75 Å². The van der Waals surface area contributed by atoms with Crippen molar-refractivity contribution in [3.8, 4) is 5.75 Å². The summed E-state index contributed by atoms with van der Waals surface area (Å²) in [4.78, 5) is 14.6. The largest absolute Gasteiger partial charge is 1.00 e. The van der Waals surface area contributed by atoms with Crippen LogP contribution >= 0.6 is 0 Å². The summed E-state index contributed by atoms with van der Waals surface area (Å²) >= 11 is 0. The summed E-state index contributed by atoms with van der Waals surface area (Å²) in [5.41, 5.74) is 2.26. The van der Waals surface area contributed by atoms with Crippen LogP contribution in [0.15, 0.2) is 69.9 Å². The minimum absolute atomic E-state index is 0. The van der Waals surface area contributed by atoms with E-state index in [1.165, 1.54) is 16.5 Å². The first-order valence-electron chi connectivity index (χ1n) is 11.3. The molecule has 2 aromatic carbocycles. The van der Waals surface area contributed by atoms with Crippen molar-refractivity contribution < 1.29 is 48.9 Å². The van der Waals surface area contributed by atoms with E-state index < -0.39 is 6.10 Å². The van der Waals surface area contributed by atoms with Gasteiger partial charge in [-0.15, -0.1) is 0 Å². The van der Waals surface area contributed by atoms with Gasteiger partial charge in [0.15, 0.2) is 0 Å². The molecular weight excluding hydrogens is 475 g/mol. The van der Waals surface area contributed by atoms with E-state index in [9.17, 15) is 9.90 Å². The van der Waals surface area contributed by atoms with Crippen molar-refractivity contribution in [3.63, 3.8) is 0 Å². The molecule has 1 aromatic heterocycles. The third-order valence-corrected chi connectivity index (χ3v) is 6.07. The standard InChI is InChI=1S/C26H30N2O4.2ClH/c1-20-16-26(30)32-25-17-23(9-10-24(20)25)31-19-22(29)18-28-14-12-27(13-15-28)11-5-8-21-6-3-2-4-7-21;;/h2-10,16-17,22,29H,11-15,18-19H2,1H3;2*1H. The maximum Gasteiger partial charge on any atom is 0.336 e. The van der Waals surface area contributed by atoms with Crippen molar-refractivity contribution in [1.82, 2.24) is 0 Å². The van der Waals surface area contributed by atoms with Crippen molar-refractivity contribution >= 4 is 17.0 Å². The van der Waals surface area contributed by atoms with Crippen molar-refractivity contribution in [1.29, 1.82) is 0 Å². The number of aryl methyl sites for hydroxylation is 1. The van der Waals surface area contributed by atoms with Gasteiger partial charge in [0.2, 0.25) is 0 Å². The molecule has 4 rings (SSSR count). The monoisotopic (exact) mass is 506 g/mol. The topological polar surface area (TPSA) is 68.5 Å². The second-order valence-electron chi connectivity index (χ2n) is 8.59. The van der Waals surface area contributed by atoms with Crippen LogP contribution in [0.1, 0.15) is 11.1 Å². The van der Waals surface area contributed by atoms with Crippen LogP contribution in [0.25, 0.3) is 17.0 Å². The number of hydrogen-bond donors (Lipinski definition) is 3. The predicted molar refractivity (Wildman–Crippen MR) is 125 cm³/mol. The summed E-state index contributed by atoms with van der Waals surface area (Å²) in [5.74, 6) is 0.597. The van der Waals surface area contributed by atoms with Crippen molar-refractivity contribution in [2.75, 3.05) is 45.9 Å². The van der Waals surface area contributed by atoms with E-state index in [1.54, 1.807) is 11.0 Å². The number of benzene rings is 2. The number of fused-ring (bicyclic) bond motifs is 1. The highest BCUT2D eigenvalue weighted by molar-refractivity contribution is 5.81.